The average molecular weight is 292 g/mol. The van der Waals surface area contributed by atoms with Crippen molar-refractivity contribution in [2.45, 2.75) is 32.7 Å². The van der Waals surface area contributed by atoms with Gasteiger partial charge >= 0.3 is 5.97 Å². The summed E-state index contributed by atoms with van der Waals surface area (Å²) < 4.78 is 12.3. The van der Waals surface area contributed by atoms with Crippen molar-refractivity contribution in [3.05, 3.63) is 18.0 Å². The van der Waals surface area contributed by atoms with Gasteiger partial charge in [-0.25, -0.2) is 9.78 Å². The summed E-state index contributed by atoms with van der Waals surface area (Å²) >= 11 is 0. The smallest absolute Gasteiger partial charge is 0.329 e. The lowest BCUT2D eigenvalue weighted by Crippen LogP contribution is -2.36. The molecule has 0 fully saturated rings. The molecule has 1 aromatic carbocycles. The number of carboxylic acid groups (broad SMARTS) is 1. The number of hydrogen-bond donors (Lipinski definition) is 1. The van der Waals surface area contributed by atoms with Crippen LogP contribution >= 0.6 is 0 Å². The first-order valence-corrected chi connectivity index (χ1v) is 6.74. The Hall–Kier alpha value is -2.24. The summed E-state index contributed by atoms with van der Waals surface area (Å²) in [5.41, 5.74) is 0.315. The van der Waals surface area contributed by atoms with E-state index < -0.39 is 11.5 Å². The van der Waals surface area contributed by atoms with Crippen molar-refractivity contribution in [1.29, 1.82) is 0 Å². The maximum absolute atomic E-state index is 11.6. The minimum atomic E-state index is -1.10. The van der Waals surface area contributed by atoms with Crippen molar-refractivity contribution in [3.8, 4) is 11.5 Å². The third kappa shape index (κ3) is 2.30. The van der Waals surface area contributed by atoms with Crippen LogP contribution in [0.1, 0.15) is 26.6 Å². The molecule has 114 valence electrons. The van der Waals surface area contributed by atoms with Gasteiger partial charge in [0.05, 0.1) is 25.3 Å². The fourth-order valence-electron chi connectivity index (χ4n) is 2.41. The molecule has 2 rings (SSSR count). The number of imidazole rings is 1. The lowest BCUT2D eigenvalue weighted by atomic mass is 10.0. The SMILES string of the molecule is CCc1nc2cc(OC)c(OC)cc2n1C(C)(C)C(=O)O. The summed E-state index contributed by atoms with van der Waals surface area (Å²) in [6.45, 7) is 5.27. The van der Waals surface area contributed by atoms with Crippen LogP contribution in [-0.2, 0) is 16.8 Å². The van der Waals surface area contributed by atoms with Gasteiger partial charge in [-0.15, -0.1) is 0 Å². The van der Waals surface area contributed by atoms with Crippen LogP contribution in [0.4, 0.5) is 0 Å². The molecule has 1 N–H and O–H groups in total. The van der Waals surface area contributed by atoms with E-state index in [-0.39, 0.29) is 0 Å². The number of hydrogen-bond acceptors (Lipinski definition) is 4. The molecule has 0 amide bonds. The highest BCUT2D eigenvalue weighted by Gasteiger charge is 2.33. The van der Waals surface area contributed by atoms with E-state index in [1.165, 1.54) is 0 Å². The van der Waals surface area contributed by atoms with Gasteiger partial charge in [-0.05, 0) is 13.8 Å². The number of rotatable bonds is 5. The molecule has 0 spiro atoms. The molecule has 6 nitrogen and oxygen atoms in total. The highest BCUT2D eigenvalue weighted by atomic mass is 16.5. The van der Waals surface area contributed by atoms with Gasteiger partial charge in [0.2, 0.25) is 0 Å². The summed E-state index contributed by atoms with van der Waals surface area (Å²) in [4.78, 5) is 16.1. The normalized spacial score (nSPS) is 11.7. The molecule has 0 atom stereocenters. The van der Waals surface area contributed by atoms with Gasteiger partial charge in [0.1, 0.15) is 11.4 Å². The lowest BCUT2D eigenvalue weighted by Gasteiger charge is -2.24. The quantitative estimate of drug-likeness (QED) is 0.916. The Kier molecular flexibility index (Phi) is 3.80. The second kappa shape index (κ2) is 5.27. The van der Waals surface area contributed by atoms with Crippen molar-refractivity contribution in [3.63, 3.8) is 0 Å². The Bertz CT molecular complexity index is 689. The summed E-state index contributed by atoms with van der Waals surface area (Å²) in [5, 5.41) is 9.52. The number of aromatic nitrogens is 2. The first-order valence-electron chi connectivity index (χ1n) is 6.74. The van der Waals surface area contributed by atoms with Crippen LogP contribution in [0.3, 0.4) is 0 Å². The lowest BCUT2D eigenvalue weighted by molar-refractivity contribution is -0.145. The maximum atomic E-state index is 11.6. The monoisotopic (exact) mass is 292 g/mol. The van der Waals surface area contributed by atoms with Gasteiger partial charge in [-0.1, -0.05) is 6.92 Å². The van der Waals surface area contributed by atoms with E-state index in [0.29, 0.717) is 29.3 Å². The second-order valence-corrected chi connectivity index (χ2v) is 5.28. The molecule has 1 heterocycles. The van der Waals surface area contributed by atoms with Gasteiger partial charge < -0.3 is 19.1 Å². The molecular formula is C15H20N2O4. The number of carboxylic acids is 1. The molecule has 0 saturated heterocycles. The van der Waals surface area contributed by atoms with Crippen LogP contribution in [-0.4, -0.2) is 34.8 Å². The molecule has 0 radical (unpaired) electrons. The fourth-order valence-corrected chi connectivity index (χ4v) is 2.41. The van der Waals surface area contributed by atoms with E-state index in [1.807, 2.05) is 6.92 Å². The third-order valence-electron chi connectivity index (χ3n) is 3.63. The maximum Gasteiger partial charge on any atom is 0.329 e. The number of methoxy groups -OCH3 is 2. The van der Waals surface area contributed by atoms with Crippen LogP contribution in [0, 0.1) is 0 Å². The zero-order valence-electron chi connectivity index (χ0n) is 12.9. The molecule has 6 heteroatoms. The third-order valence-corrected chi connectivity index (χ3v) is 3.63. The summed E-state index contributed by atoms with van der Waals surface area (Å²) in [5.74, 6) is 0.930. The summed E-state index contributed by atoms with van der Waals surface area (Å²) in [6, 6.07) is 3.53. The Morgan fingerprint density at radius 1 is 1.29 bits per heavy atom. The molecule has 1 aromatic heterocycles. The summed E-state index contributed by atoms with van der Waals surface area (Å²) in [6.07, 6.45) is 0.635. The highest BCUT2D eigenvalue weighted by Crippen LogP contribution is 2.35. The van der Waals surface area contributed by atoms with Crippen LogP contribution in [0.25, 0.3) is 11.0 Å². The minimum Gasteiger partial charge on any atom is -0.493 e. The Morgan fingerprint density at radius 2 is 1.86 bits per heavy atom. The number of aliphatic carboxylic acids is 1. The predicted molar refractivity (Wildman–Crippen MR) is 79.2 cm³/mol. The van der Waals surface area contributed by atoms with E-state index in [4.69, 9.17) is 9.47 Å². The van der Waals surface area contributed by atoms with Crippen LogP contribution < -0.4 is 9.47 Å². The Morgan fingerprint density at radius 3 is 2.33 bits per heavy atom. The number of benzene rings is 1. The Balaban J connectivity index is 2.83. The molecule has 0 saturated carbocycles. The van der Waals surface area contributed by atoms with E-state index in [1.54, 1.807) is 44.8 Å². The number of ether oxygens (including phenoxy) is 2. The van der Waals surface area contributed by atoms with E-state index in [2.05, 4.69) is 4.98 Å². The minimum absolute atomic E-state index is 0.551. The Labute approximate surface area is 123 Å². The molecule has 0 aliphatic carbocycles. The standard InChI is InChI=1S/C15H20N2O4/c1-6-13-16-9-7-11(20-4)12(21-5)8-10(9)17(13)15(2,3)14(18)19/h7-8H,6H2,1-5H3,(H,18,19). The molecule has 0 bridgehead atoms. The molecule has 0 unspecified atom stereocenters. The fraction of sp³-hybridized carbons (Fsp3) is 0.467. The van der Waals surface area contributed by atoms with E-state index in [0.717, 1.165) is 5.52 Å². The average Bonchev–Trinajstić information content (AvgIpc) is 2.83. The van der Waals surface area contributed by atoms with Crippen LogP contribution in [0.5, 0.6) is 11.5 Å². The molecule has 0 aliphatic heterocycles. The van der Waals surface area contributed by atoms with Gasteiger partial charge in [-0.3, -0.25) is 0 Å². The topological polar surface area (TPSA) is 73.6 Å². The molecule has 21 heavy (non-hydrogen) atoms. The zero-order valence-corrected chi connectivity index (χ0v) is 12.9. The van der Waals surface area contributed by atoms with Crippen LogP contribution in [0.15, 0.2) is 12.1 Å². The van der Waals surface area contributed by atoms with Gasteiger partial charge in [0.15, 0.2) is 11.5 Å². The van der Waals surface area contributed by atoms with Crippen molar-refractivity contribution in [2.24, 2.45) is 0 Å². The largest absolute Gasteiger partial charge is 0.493 e. The van der Waals surface area contributed by atoms with E-state index >= 15 is 0 Å². The van der Waals surface area contributed by atoms with Crippen LogP contribution in [0.2, 0.25) is 0 Å². The number of nitrogens with zero attached hydrogens (tertiary/aromatic N) is 2. The number of fused-ring (bicyclic) bond motifs is 1. The zero-order chi connectivity index (χ0) is 15.8. The second-order valence-electron chi connectivity index (χ2n) is 5.28. The summed E-state index contributed by atoms with van der Waals surface area (Å²) in [7, 11) is 3.11. The molecule has 2 aromatic rings. The highest BCUT2D eigenvalue weighted by molar-refractivity contribution is 5.85. The van der Waals surface area contributed by atoms with Crippen molar-refractivity contribution < 1.29 is 19.4 Å². The number of aryl methyl sites for hydroxylation is 1. The van der Waals surface area contributed by atoms with Crippen molar-refractivity contribution >= 4 is 17.0 Å². The van der Waals surface area contributed by atoms with Crippen molar-refractivity contribution in [2.75, 3.05) is 14.2 Å². The number of carbonyl (C=O) groups is 1. The van der Waals surface area contributed by atoms with Gasteiger partial charge in [0.25, 0.3) is 0 Å². The van der Waals surface area contributed by atoms with Gasteiger partial charge in [0, 0.05) is 18.6 Å². The first-order chi connectivity index (χ1) is 9.86. The van der Waals surface area contributed by atoms with Gasteiger partial charge in [-0.2, -0.15) is 0 Å². The first kappa shape index (κ1) is 15.2. The van der Waals surface area contributed by atoms with Crippen molar-refractivity contribution in [1.82, 2.24) is 9.55 Å². The molecular weight excluding hydrogens is 272 g/mol. The van der Waals surface area contributed by atoms with E-state index in [9.17, 15) is 9.90 Å². The predicted octanol–water partition coefficient (Wildman–Crippen LogP) is 2.44. The molecule has 0 aliphatic rings.